The molecule has 0 aliphatic carbocycles. The van der Waals surface area contributed by atoms with Crippen LogP contribution in [0.3, 0.4) is 0 Å². The highest BCUT2D eigenvalue weighted by atomic mass is 32.2. The van der Waals surface area contributed by atoms with Gasteiger partial charge in [-0.25, -0.2) is 0 Å². The van der Waals surface area contributed by atoms with Crippen molar-refractivity contribution in [1.29, 1.82) is 0 Å². The Morgan fingerprint density at radius 3 is 2.82 bits per heavy atom. The van der Waals surface area contributed by atoms with Crippen LogP contribution in [0.1, 0.15) is 19.8 Å². The summed E-state index contributed by atoms with van der Waals surface area (Å²) in [5, 5.41) is 14.6. The van der Waals surface area contributed by atoms with Crippen molar-refractivity contribution in [2.75, 3.05) is 13.1 Å². The van der Waals surface area contributed by atoms with Crippen molar-refractivity contribution in [1.82, 2.24) is 10.6 Å². The molecule has 0 saturated carbocycles. The molecule has 0 fully saturated rings. The average Bonchev–Trinajstić information content (AvgIpc) is 2.72. The summed E-state index contributed by atoms with van der Waals surface area (Å²) in [7, 11) is 0. The fourth-order valence-electron chi connectivity index (χ4n) is 1.34. The van der Waals surface area contributed by atoms with E-state index in [1.807, 2.05) is 6.92 Å². The molecule has 0 aromatic carbocycles. The van der Waals surface area contributed by atoms with Crippen LogP contribution in [-0.4, -0.2) is 35.9 Å². The van der Waals surface area contributed by atoms with Crippen molar-refractivity contribution >= 4 is 11.8 Å². The fourth-order valence-corrected chi connectivity index (χ4v) is 2.21. The third-order valence-corrected chi connectivity index (χ3v) is 3.38. The Labute approximate surface area is 103 Å². The van der Waals surface area contributed by atoms with E-state index in [0.29, 0.717) is 11.8 Å². The van der Waals surface area contributed by atoms with E-state index in [-0.39, 0.29) is 12.2 Å². The lowest BCUT2D eigenvalue weighted by Gasteiger charge is -2.18. The summed E-state index contributed by atoms with van der Waals surface area (Å²) in [6.07, 6.45) is -3.18. The molecule has 0 aromatic heterocycles. The lowest BCUT2D eigenvalue weighted by molar-refractivity contribution is -0.132. The molecule has 0 radical (unpaired) electrons. The van der Waals surface area contributed by atoms with Crippen molar-refractivity contribution < 1.29 is 18.3 Å². The molecule has 1 rings (SSSR count). The second kappa shape index (κ2) is 6.51. The first kappa shape index (κ1) is 14.7. The Hall–Kier alpha value is -0.400. The number of aliphatic hydroxyl groups is 1. The molecule has 7 heteroatoms. The number of hydrogen-bond acceptors (Lipinski definition) is 4. The van der Waals surface area contributed by atoms with Gasteiger partial charge in [0.05, 0.1) is 0 Å². The number of nitrogens with one attached hydrogen (secondary N) is 2. The van der Waals surface area contributed by atoms with Gasteiger partial charge < -0.3 is 15.7 Å². The lowest BCUT2D eigenvalue weighted by Crippen LogP contribution is -2.40. The normalized spacial score (nSPS) is 22.2. The minimum atomic E-state index is -4.29. The first-order chi connectivity index (χ1) is 7.95. The van der Waals surface area contributed by atoms with E-state index in [1.165, 1.54) is 5.41 Å². The minimum Gasteiger partial charge on any atom is -0.386 e. The van der Waals surface area contributed by atoms with Gasteiger partial charge in [0.2, 0.25) is 0 Å². The standard InChI is InChI=1S/C10H17F3N2OS/c1-2-3-4-14-5-8(16)7-6-17-9(15-7)10(11,12)13/h6,8-9,14-16H,2-5H2,1H3. The van der Waals surface area contributed by atoms with E-state index in [9.17, 15) is 18.3 Å². The topological polar surface area (TPSA) is 44.3 Å². The zero-order valence-corrected chi connectivity index (χ0v) is 10.4. The molecule has 100 valence electrons. The summed E-state index contributed by atoms with van der Waals surface area (Å²) < 4.78 is 37.0. The molecule has 0 amide bonds. The zero-order valence-electron chi connectivity index (χ0n) is 9.55. The molecule has 17 heavy (non-hydrogen) atoms. The summed E-state index contributed by atoms with van der Waals surface area (Å²) in [4.78, 5) is 0. The number of aliphatic hydroxyl groups excluding tert-OH is 1. The first-order valence-electron chi connectivity index (χ1n) is 5.52. The van der Waals surface area contributed by atoms with E-state index in [1.54, 1.807) is 0 Å². The third-order valence-electron chi connectivity index (χ3n) is 2.33. The molecule has 2 atom stereocenters. The smallest absolute Gasteiger partial charge is 0.386 e. The molecule has 3 N–H and O–H groups in total. The van der Waals surface area contributed by atoms with Gasteiger partial charge in [-0.15, -0.1) is 0 Å². The van der Waals surface area contributed by atoms with Crippen LogP contribution in [0.4, 0.5) is 13.2 Å². The zero-order chi connectivity index (χ0) is 12.9. The summed E-state index contributed by atoms with van der Waals surface area (Å²) in [6.45, 7) is 3.07. The minimum absolute atomic E-state index is 0.237. The maximum Gasteiger partial charge on any atom is 0.418 e. The Balaban J connectivity index is 2.28. The number of alkyl halides is 3. The van der Waals surface area contributed by atoms with Crippen LogP contribution in [0.5, 0.6) is 0 Å². The van der Waals surface area contributed by atoms with Crippen LogP contribution in [0.2, 0.25) is 0 Å². The molecule has 0 saturated heterocycles. The first-order valence-corrected chi connectivity index (χ1v) is 6.47. The van der Waals surface area contributed by atoms with Gasteiger partial charge >= 0.3 is 6.18 Å². The number of hydrogen-bond donors (Lipinski definition) is 3. The second-order valence-electron chi connectivity index (χ2n) is 3.85. The number of halogens is 3. The second-order valence-corrected chi connectivity index (χ2v) is 4.83. The van der Waals surface area contributed by atoms with Gasteiger partial charge in [-0.05, 0) is 18.4 Å². The Bertz CT molecular complexity index is 271. The molecular weight excluding hydrogens is 253 g/mol. The van der Waals surface area contributed by atoms with Crippen LogP contribution in [0, 0.1) is 0 Å². The Morgan fingerprint density at radius 1 is 1.59 bits per heavy atom. The maximum atomic E-state index is 12.3. The van der Waals surface area contributed by atoms with Gasteiger partial charge in [0.25, 0.3) is 0 Å². The van der Waals surface area contributed by atoms with Crippen LogP contribution >= 0.6 is 11.8 Å². The van der Waals surface area contributed by atoms with Crippen LogP contribution < -0.4 is 10.6 Å². The van der Waals surface area contributed by atoms with Gasteiger partial charge in [-0.3, -0.25) is 0 Å². The Morgan fingerprint density at radius 2 is 2.29 bits per heavy atom. The predicted octanol–water partition coefficient (Wildman–Crippen LogP) is 1.80. The number of rotatable bonds is 6. The fraction of sp³-hybridized carbons (Fsp3) is 0.800. The molecule has 1 aliphatic heterocycles. The molecular formula is C10H17F3N2OS. The van der Waals surface area contributed by atoms with Crippen molar-refractivity contribution in [2.45, 2.75) is 37.4 Å². The highest BCUT2D eigenvalue weighted by Crippen LogP contribution is 2.34. The van der Waals surface area contributed by atoms with Gasteiger partial charge in [0, 0.05) is 12.2 Å². The van der Waals surface area contributed by atoms with E-state index in [0.717, 1.165) is 19.4 Å². The summed E-state index contributed by atoms with van der Waals surface area (Å²) >= 11 is 0.644. The van der Waals surface area contributed by atoms with E-state index >= 15 is 0 Å². The van der Waals surface area contributed by atoms with E-state index in [4.69, 9.17) is 0 Å². The Kier molecular flexibility index (Phi) is 5.61. The van der Waals surface area contributed by atoms with Gasteiger partial charge in [0.1, 0.15) is 6.10 Å². The highest BCUT2D eigenvalue weighted by molar-refractivity contribution is 8.03. The molecule has 3 nitrogen and oxygen atoms in total. The van der Waals surface area contributed by atoms with Crippen LogP contribution in [0.25, 0.3) is 0 Å². The summed E-state index contributed by atoms with van der Waals surface area (Å²) in [6, 6.07) is 0. The molecule has 0 bridgehead atoms. The SMILES string of the molecule is CCCCNCC(O)C1=CSC(C(F)(F)F)N1. The van der Waals surface area contributed by atoms with Crippen LogP contribution in [0.15, 0.2) is 11.1 Å². The molecule has 0 spiro atoms. The number of thioether (sulfide) groups is 1. The van der Waals surface area contributed by atoms with Gasteiger partial charge in [0.15, 0.2) is 5.37 Å². The predicted molar refractivity (Wildman–Crippen MR) is 62.4 cm³/mol. The summed E-state index contributed by atoms with van der Waals surface area (Å²) in [5.74, 6) is 0. The van der Waals surface area contributed by atoms with Gasteiger partial charge in [-0.1, -0.05) is 25.1 Å². The molecule has 2 unspecified atom stereocenters. The average molecular weight is 270 g/mol. The summed E-state index contributed by atoms with van der Waals surface area (Å²) in [5.41, 5.74) is 0.237. The van der Waals surface area contributed by atoms with Crippen LogP contribution in [-0.2, 0) is 0 Å². The molecule has 0 aromatic rings. The van der Waals surface area contributed by atoms with Crippen molar-refractivity contribution in [3.63, 3.8) is 0 Å². The number of unbranched alkanes of at least 4 members (excludes halogenated alkanes) is 1. The third kappa shape index (κ3) is 4.77. The monoisotopic (exact) mass is 270 g/mol. The van der Waals surface area contributed by atoms with Gasteiger partial charge in [-0.2, -0.15) is 13.2 Å². The quantitative estimate of drug-likeness (QED) is 0.644. The van der Waals surface area contributed by atoms with E-state index < -0.39 is 17.7 Å². The largest absolute Gasteiger partial charge is 0.418 e. The van der Waals surface area contributed by atoms with E-state index in [2.05, 4.69) is 10.6 Å². The maximum absolute atomic E-state index is 12.3. The van der Waals surface area contributed by atoms with Crippen molar-refractivity contribution in [3.05, 3.63) is 11.1 Å². The highest BCUT2D eigenvalue weighted by Gasteiger charge is 2.43. The van der Waals surface area contributed by atoms with Crippen molar-refractivity contribution in [3.8, 4) is 0 Å². The molecule has 1 heterocycles. The lowest BCUT2D eigenvalue weighted by atomic mass is 10.2. The molecule has 1 aliphatic rings. The van der Waals surface area contributed by atoms with Crippen molar-refractivity contribution in [2.24, 2.45) is 0 Å².